The van der Waals surface area contributed by atoms with Gasteiger partial charge in [0.2, 0.25) is 0 Å². The first-order valence-corrected chi connectivity index (χ1v) is 9.75. The zero-order valence-corrected chi connectivity index (χ0v) is 14.8. The van der Waals surface area contributed by atoms with Crippen LogP contribution in [0.5, 0.6) is 0 Å². The number of aliphatic hydroxyl groups is 1. The summed E-state index contributed by atoms with van der Waals surface area (Å²) in [7, 11) is 0. The molecular formula is C20H29N3O2. The Kier molecular flexibility index (Phi) is 4.95. The summed E-state index contributed by atoms with van der Waals surface area (Å²) in [5.74, 6) is 0. The smallest absolute Gasteiger partial charge is 0.317 e. The van der Waals surface area contributed by atoms with Crippen molar-refractivity contribution in [2.24, 2.45) is 0 Å². The Labute approximate surface area is 150 Å². The number of urea groups is 1. The lowest BCUT2D eigenvalue weighted by Gasteiger charge is -2.36. The maximum absolute atomic E-state index is 12.8. The van der Waals surface area contributed by atoms with Crippen LogP contribution in [0.1, 0.15) is 50.2 Å². The average Bonchev–Trinajstić information content (AvgIpc) is 3.37. The van der Waals surface area contributed by atoms with E-state index < -0.39 is 6.10 Å². The highest BCUT2D eigenvalue weighted by molar-refractivity contribution is 5.75. The van der Waals surface area contributed by atoms with Crippen molar-refractivity contribution < 1.29 is 9.90 Å². The molecule has 1 aromatic carbocycles. The van der Waals surface area contributed by atoms with Gasteiger partial charge in [0.15, 0.2) is 0 Å². The molecule has 0 bridgehead atoms. The molecule has 0 radical (unpaired) electrons. The molecular weight excluding hydrogens is 314 g/mol. The quantitative estimate of drug-likeness (QED) is 0.864. The topological polar surface area (TPSA) is 55.8 Å². The lowest BCUT2D eigenvalue weighted by Crippen LogP contribution is -2.52. The van der Waals surface area contributed by atoms with Gasteiger partial charge in [-0.2, -0.15) is 0 Å². The van der Waals surface area contributed by atoms with Crippen molar-refractivity contribution in [1.82, 2.24) is 15.1 Å². The third-order valence-corrected chi connectivity index (χ3v) is 5.95. The Hall–Kier alpha value is -1.59. The summed E-state index contributed by atoms with van der Waals surface area (Å²) < 4.78 is 0. The number of carbonyl (C=O) groups is 1. The fourth-order valence-electron chi connectivity index (χ4n) is 4.36. The van der Waals surface area contributed by atoms with E-state index in [1.807, 2.05) is 35.2 Å². The maximum Gasteiger partial charge on any atom is 0.317 e. The van der Waals surface area contributed by atoms with E-state index >= 15 is 0 Å². The Morgan fingerprint density at radius 1 is 1.20 bits per heavy atom. The number of hydrogen-bond acceptors (Lipinski definition) is 3. The molecule has 3 fully saturated rings. The standard InChI is InChI=1S/C20H29N3O2/c24-19(15-5-2-1-3-6-15)14-23(17-8-9-17)20(25)21-16-10-12-22-11-4-7-18(22)13-16/h1-3,5-6,16-19,24H,4,7-14H2,(H,21,25)/t16-,18+,19+/m1/s1. The largest absolute Gasteiger partial charge is 0.387 e. The number of nitrogens with one attached hydrogen (secondary N) is 1. The molecule has 1 aromatic rings. The molecule has 0 unspecified atom stereocenters. The number of fused-ring (bicyclic) bond motifs is 1. The molecule has 136 valence electrons. The lowest BCUT2D eigenvalue weighted by atomic mass is 9.98. The molecule has 0 aromatic heterocycles. The van der Waals surface area contributed by atoms with Crippen LogP contribution in [0, 0.1) is 0 Å². The molecule has 2 heterocycles. The summed E-state index contributed by atoms with van der Waals surface area (Å²) in [6.07, 6.45) is 6.16. The minimum Gasteiger partial charge on any atom is -0.387 e. The molecule has 2 N–H and O–H groups in total. The minimum atomic E-state index is -0.621. The Bertz CT molecular complexity index is 590. The highest BCUT2D eigenvalue weighted by Crippen LogP contribution is 2.30. The summed E-state index contributed by atoms with van der Waals surface area (Å²) >= 11 is 0. The average molecular weight is 343 g/mol. The third-order valence-electron chi connectivity index (χ3n) is 5.95. The van der Waals surface area contributed by atoms with Crippen LogP contribution >= 0.6 is 0 Å². The number of rotatable bonds is 5. The molecule has 5 nitrogen and oxygen atoms in total. The first-order chi connectivity index (χ1) is 12.2. The summed E-state index contributed by atoms with van der Waals surface area (Å²) in [4.78, 5) is 17.3. The van der Waals surface area contributed by atoms with Gasteiger partial charge in [-0.3, -0.25) is 0 Å². The van der Waals surface area contributed by atoms with Crippen LogP contribution in [0.2, 0.25) is 0 Å². The van der Waals surface area contributed by atoms with E-state index in [9.17, 15) is 9.90 Å². The predicted octanol–water partition coefficient (Wildman–Crippen LogP) is 2.52. The van der Waals surface area contributed by atoms with Gasteiger partial charge in [0.25, 0.3) is 0 Å². The number of nitrogens with zero attached hydrogens (tertiary/aromatic N) is 2. The fraction of sp³-hybridized carbons (Fsp3) is 0.650. The summed E-state index contributed by atoms with van der Waals surface area (Å²) in [5, 5.41) is 13.8. The van der Waals surface area contributed by atoms with Gasteiger partial charge in [0.1, 0.15) is 0 Å². The second-order valence-corrected chi connectivity index (χ2v) is 7.81. The lowest BCUT2D eigenvalue weighted by molar-refractivity contribution is 0.111. The van der Waals surface area contributed by atoms with Crippen LogP contribution in [0.3, 0.4) is 0 Å². The summed E-state index contributed by atoms with van der Waals surface area (Å²) in [5.41, 5.74) is 0.875. The van der Waals surface area contributed by atoms with E-state index in [0.717, 1.165) is 37.8 Å². The van der Waals surface area contributed by atoms with Gasteiger partial charge in [-0.05, 0) is 50.6 Å². The molecule has 3 atom stereocenters. The van der Waals surface area contributed by atoms with Gasteiger partial charge >= 0.3 is 6.03 Å². The second-order valence-electron chi connectivity index (χ2n) is 7.81. The number of benzene rings is 1. The fourth-order valence-corrected chi connectivity index (χ4v) is 4.36. The van der Waals surface area contributed by atoms with Gasteiger partial charge < -0.3 is 20.2 Å². The van der Waals surface area contributed by atoms with Gasteiger partial charge in [0.05, 0.1) is 12.6 Å². The molecule has 1 aliphatic carbocycles. The molecule has 0 spiro atoms. The molecule has 1 saturated carbocycles. The van der Waals surface area contributed by atoms with Crippen LogP contribution in [0.15, 0.2) is 30.3 Å². The highest BCUT2D eigenvalue weighted by atomic mass is 16.3. The number of amides is 2. The normalized spacial score (nSPS) is 27.6. The van der Waals surface area contributed by atoms with Crippen LogP contribution < -0.4 is 5.32 Å². The third kappa shape index (κ3) is 3.98. The Morgan fingerprint density at radius 3 is 2.76 bits per heavy atom. The van der Waals surface area contributed by atoms with E-state index in [1.165, 1.54) is 19.4 Å². The van der Waals surface area contributed by atoms with E-state index in [2.05, 4.69) is 10.2 Å². The van der Waals surface area contributed by atoms with Crippen molar-refractivity contribution >= 4 is 6.03 Å². The number of hydrogen-bond donors (Lipinski definition) is 2. The van der Waals surface area contributed by atoms with Gasteiger partial charge in [-0.15, -0.1) is 0 Å². The molecule has 25 heavy (non-hydrogen) atoms. The predicted molar refractivity (Wildman–Crippen MR) is 97.3 cm³/mol. The van der Waals surface area contributed by atoms with Gasteiger partial charge in [0, 0.05) is 24.7 Å². The van der Waals surface area contributed by atoms with E-state index in [0.29, 0.717) is 18.6 Å². The summed E-state index contributed by atoms with van der Waals surface area (Å²) in [6, 6.07) is 10.9. The molecule has 4 rings (SSSR count). The van der Waals surface area contributed by atoms with Crippen LogP contribution in [0.25, 0.3) is 0 Å². The van der Waals surface area contributed by atoms with Gasteiger partial charge in [-0.1, -0.05) is 30.3 Å². The van der Waals surface area contributed by atoms with Crippen molar-refractivity contribution in [2.75, 3.05) is 19.6 Å². The van der Waals surface area contributed by atoms with Crippen LogP contribution in [-0.4, -0.2) is 58.7 Å². The highest BCUT2D eigenvalue weighted by Gasteiger charge is 2.37. The first kappa shape index (κ1) is 16.9. The van der Waals surface area contributed by atoms with Crippen molar-refractivity contribution in [3.05, 3.63) is 35.9 Å². The SMILES string of the molecule is O=C(N[C@@H]1CCN2CCC[C@H]2C1)N(C[C@H](O)c1ccccc1)C1CC1. The second kappa shape index (κ2) is 7.34. The molecule has 2 amide bonds. The Balaban J connectivity index is 1.35. The number of piperidine rings is 1. The minimum absolute atomic E-state index is 0.00827. The van der Waals surface area contributed by atoms with Crippen LogP contribution in [-0.2, 0) is 0 Å². The first-order valence-electron chi connectivity index (χ1n) is 9.75. The molecule has 5 heteroatoms. The zero-order chi connectivity index (χ0) is 17.2. The monoisotopic (exact) mass is 343 g/mol. The molecule has 3 aliphatic rings. The van der Waals surface area contributed by atoms with Crippen molar-refractivity contribution in [3.63, 3.8) is 0 Å². The molecule has 2 aliphatic heterocycles. The summed E-state index contributed by atoms with van der Waals surface area (Å²) in [6.45, 7) is 2.71. The van der Waals surface area contributed by atoms with E-state index in [4.69, 9.17) is 0 Å². The van der Waals surface area contributed by atoms with Gasteiger partial charge in [-0.25, -0.2) is 4.79 Å². The maximum atomic E-state index is 12.8. The number of aliphatic hydroxyl groups excluding tert-OH is 1. The van der Waals surface area contributed by atoms with E-state index in [1.54, 1.807) is 0 Å². The van der Waals surface area contributed by atoms with E-state index in [-0.39, 0.29) is 12.1 Å². The van der Waals surface area contributed by atoms with Crippen molar-refractivity contribution in [1.29, 1.82) is 0 Å². The zero-order valence-electron chi connectivity index (χ0n) is 14.8. The Morgan fingerprint density at radius 2 is 2.00 bits per heavy atom. The van der Waals surface area contributed by atoms with Crippen molar-refractivity contribution in [3.8, 4) is 0 Å². The molecule has 2 saturated heterocycles. The number of carbonyl (C=O) groups excluding carboxylic acids is 1. The van der Waals surface area contributed by atoms with Crippen molar-refractivity contribution in [2.45, 2.75) is 62.8 Å². The van der Waals surface area contributed by atoms with Crippen LogP contribution in [0.4, 0.5) is 4.79 Å².